The number of ether oxygens (including phenoxy) is 1. The van der Waals surface area contributed by atoms with Gasteiger partial charge in [0.25, 0.3) is 0 Å². The molecule has 1 saturated carbocycles. The molecule has 238 valence electrons. The summed E-state index contributed by atoms with van der Waals surface area (Å²) in [4.78, 5) is 49.9. The number of hydrogen-bond acceptors (Lipinski definition) is 8. The number of likely N-dealkylation sites (N-methyl/N-ethyl adjacent to an activating group) is 1. The molecule has 3 aliphatic rings. The number of nitrogens with one attached hydrogen (secondary N) is 2. The summed E-state index contributed by atoms with van der Waals surface area (Å²) in [5, 5.41) is 8.70. The quantitative estimate of drug-likeness (QED) is 0.370. The van der Waals surface area contributed by atoms with Crippen LogP contribution in [-0.2, 0) is 14.3 Å². The lowest BCUT2D eigenvalue weighted by Crippen LogP contribution is -2.61. The smallest absolute Gasteiger partial charge is 0.246 e. The lowest BCUT2D eigenvalue weighted by Gasteiger charge is -2.45. The fourth-order valence-electron chi connectivity index (χ4n) is 6.56. The highest BCUT2D eigenvalue weighted by molar-refractivity contribution is 7.10. The molecule has 1 aliphatic carbocycles. The molecular weight excluding hydrogens is 609 g/mol. The number of thiazole rings is 1. The van der Waals surface area contributed by atoms with Crippen molar-refractivity contribution in [3.05, 3.63) is 52.0 Å². The molecular formula is C31H45Cl2N5O4S. The van der Waals surface area contributed by atoms with E-state index in [4.69, 9.17) is 9.72 Å². The fourth-order valence-corrected chi connectivity index (χ4v) is 7.46. The Balaban J connectivity index is 0.00000253. The summed E-state index contributed by atoms with van der Waals surface area (Å²) >= 11 is 1.43. The Kier molecular flexibility index (Phi) is 13.4. The van der Waals surface area contributed by atoms with Crippen LogP contribution in [0.1, 0.15) is 79.5 Å². The number of hydrogen-bond donors (Lipinski definition) is 2. The van der Waals surface area contributed by atoms with Crippen molar-refractivity contribution in [3.8, 4) is 0 Å². The number of aromatic nitrogens is 1. The molecule has 3 heterocycles. The van der Waals surface area contributed by atoms with Crippen LogP contribution >= 0.6 is 36.2 Å². The summed E-state index contributed by atoms with van der Waals surface area (Å²) in [5.41, 5.74) is 0.998. The van der Waals surface area contributed by atoms with Crippen molar-refractivity contribution >= 4 is 53.7 Å². The molecule has 9 nitrogen and oxygen atoms in total. The number of piperazine rings is 1. The van der Waals surface area contributed by atoms with Crippen LogP contribution in [-0.4, -0.2) is 89.9 Å². The first-order valence-corrected chi connectivity index (χ1v) is 16.0. The molecule has 1 aromatic heterocycles. The Hall–Kier alpha value is -2.08. The third-order valence-corrected chi connectivity index (χ3v) is 9.90. The predicted molar refractivity (Wildman–Crippen MR) is 173 cm³/mol. The summed E-state index contributed by atoms with van der Waals surface area (Å²) in [6.45, 7) is 6.49. The third kappa shape index (κ3) is 8.15. The van der Waals surface area contributed by atoms with Gasteiger partial charge in [-0.1, -0.05) is 49.6 Å². The molecule has 0 spiro atoms. The highest BCUT2D eigenvalue weighted by Crippen LogP contribution is 2.37. The van der Waals surface area contributed by atoms with Crippen molar-refractivity contribution < 1.29 is 19.1 Å². The van der Waals surface area contributed by atoms with E-state index < -0.39 is 12.1 Å². The normalized spacial score (nSPS) is 23.8. The average molecular weight is 655 g/mol. The van der Waals surface area contributed by atoms with E-state index in [0.717, 1.165) is 50.1 Å². The van der Waals surface area contributed by atoms with Gasteiger partial charge in [0.15, 0.2) is 0 Å². The summed E-state index contributed by atoms with van der Waals surface area (Å²) in [5.74, 6) is -0.210. The summed E-state index contributed by atoms with van der Waals surface area (Å²) < 4.78 is 5.98. The molecule has 43 heavy (non-hydrogen) atoms. The van der Waals surface area contributed by atoms with E-state index in [1.54, 1.807) is 24.6 Å². The summed E-state index contributed by atoms with van der Waals surface area (Å²) in [6, 6.07) is 8.08. The molecule has 2 saturated heterocycles. The van der Waals surface area contributed by atoms with Crippen molar-refractivity contribution in [1.82, 2.24) is 25.4 Å². The molecule has 5 atom stereocenters. The predicted octanol–water partition coefficient (Wildman–Crippen LogP) is 4.25. The molecule has 0 bridgehead atoms. The van der Waals surface area contributed by atoms with Crippen molar-refractivity contribution in [1.29, 1.82) is 0 Å². The van der Waals surface area contributed by atoms with Crippen LogP contribution in [0, 0.1) is 5.92 Å². The first kappa shape index (κ1) is 35.4. The second-order valence-electron chi connectivity index (χ2n) is 11.6. The second-order valence-corrected chi connectivity index (χ2v) is 12.5. The van der Waals surface area contributed by atoms with E-state index in [1.807, 2.05) is 36.9 Å². The molecule has 2 aliphatic heterocycles. The fraction of sp³-hybridized carbons (Fsp3) is 0.613. The van der Waals surface area contributed by atoms with Crippen LogP contribution in [0.15, 0.2) is 35.7 Å². The summed E-state index contributed by atoms with van der Waals surface area (Å²) in [6.07, 6.45) is 6.17. The van der Waals surface area contributed by atoms with Crippen molar-refractivity contribution in [2.45, 2.75) is 82.6 Å². The minimum absolute atomic E-state index is 0. The number of halogens is 2. The molecule has 2 N–H and O–H groups in total. The molecule has 5 rings (SSSR count). The lowest BCUT2D eigenvalue weighted by atomic mass is 9.82. The van der Waals surface area contributed by atoms with E-state index in [-0.39, 0.29) is 66.5 Å². The molecule has 2 aromatic rings. The zero-order valence-electron chi connectivity index (χ0n) is 25.2. The van der Waals surface area contributed by atoms with Gasteiger partial charge in [-0.15, -0.1) is 36.2 Å². The largest absolute Gasteiger partial charge is 0.377 e. The molecule has 1 aromatic carbocycles. The number of fused-ring (bicyclic) bond motifs is 1. The highest BCUT2D eigenvalue weighted by Gasteiger charge is 2.46. The number of benzene rings is 1. The summed E-state index contributed by atoms with van der Waals surface area (Å²) in [7, 11) is 1.75. The van der Waals surface area contributed by atoms with Gasteiger partial charge in [0.1, 0.15) is 16.7 Å². The van der Waals surface area contributed by atoms with E-state index in [2.05, 4.69) is 15.5 Å². The molecule has 0 unspecified atom stereocenters. The van der Waals surface area contributed by atoms with Crippen LogP contribution < -0.4 is 10.6 Å². The van der Waals surface area contributed by atoms with E-state index >= 15 is 0 Å². The highest BCUT2D eigenvalue weighted by atomic mass is 35.5. The van der Waals surface area contributed by atoms with Gasteiger partial charge in [-0.3, -0.25) is 19.3 Å². The minimum atomic E-state index is -0.581. The Bertz CT molecular complexity index is 1210. The van der Waals surface area contributed by atoms with E-state index in [1.165, 1.54) is 11.3 Å². The van der Waals surface area contributed by atoms with Crippen molar-refractivity contribution in [2.24, 2.45) is 5.92 Å². The number of nitrogens with zero attached hydrogens (tertiary/aromatic N) is 3. The van der Waals surface area contributed by atoms with Gasteiger partial charge in [-0.2, -0.15) is 0 Å². The van der Waals surface area contributed by atoms with E-state index in [0.29, 0.717) is 31.0 Å². The first-order chi connectivity index (χ1) is 19.9. The zero-order valence-corrected chi connectivity index (χ0v) is 27.6. The Morgan fingerprint density at radius 1 is 1.07 bits per heavy atom. The molecule has 3 fully saturated rings. The number of carbonyl (C=O) groups is 3. The van der Waals surface area contributed by atoms with Crippen LogP contribution in [0.25, 0.3) is 0 Å². The number of amides is 2. The Labute approximate surface area is 271 Å². The van der Waals surface area contributed by atoms with Crippen LogP contribution in [0.2, 0.25) is 0 Å². The van der Waals surface area contributed by atoms with Crippen LogP contribution in [0.3, 0.4) is 0 Å². The molecule has 12 heteroatoms. The first-order valence-electron chi connectivity index (χ1n) is 15.1. The average Bonchev–Trinajstić information content (AvgIpc) is 3.66. The van der Waals surface area contributed by atoms with Gasteiger partial charge in [0, 0.05) is 43.2 Å². The van der Waals surface area contributed by atoms with Gasteiger partial charge >= 0.3 is 0 Å². The lowest BCUT2D eigenvalue weighted by molar-refractivity contribution is -0.144. The maximum absolute atomic E-state index is 14.5. The third-order valence-electron chi connectivity index (χ3n) is 8.95. The SMILES string of the molecule is CCO[C@@H]1C[C@@H]2CN(C(=O)[C@@H](NC(=O)[C@H](C)NC)C3CCCCC3)[C@H](c3nc(C(=O)c4ccccc4)cs3)CN2C1.Cl.Cl. The molecule has 2 amide bonds. The second kappa shape index (κ2) is 16.3. The maximum atomic E-state index is 14.5. The van der Waals surface area contributed by atoms with Gasteiger partial charge in [-0.05, 0) is 46.1 Å². The van der Waals surface area contributed by atoms with Crippen LogP contribution in [0.5, 0.6) is 0 Å². The van der Waals surface area contributed by atoms with Gasteiger partial charge in [-0.25, -0.2) is 4.98 Å². The topological polar surface area (TPSA) is 104 Å². The standard InChI is InChI=1S/C31H43N5O4S.2ClH/c1-4-40-24-15-23-16-36(31(39)27(21-11-7-5-8-12-21)34-29(38)20(2)32-3)26(18-35(23)17-24)30-33-25(19-41-30)28(37)22-13-9-6-10-14-22;;/h6,9-10,13-14,19-21,23-24,26-27,32H,4-5,7-8,11-12,15-18H2,1-3H3,(H,34,38);2*1H/t20-,23+,24+,26-,27-;;/m0../s1. The number of carbonyl (C=O) groups excluding carboxylic acids is 3. The monoisotopic (exact) mass is 653 g/mol. The van der Waals surface area contributed by atoms with Gasteiger partial charge < -0.3 is 20.3 Å². The molecule has 0 radical (unpaired) electrons. The van der Waals surface area contributed by atoms with Crippen LogP contribution in [0.4, 0.5) is 0 Å². The minimum Gasteiger partial charge on any atom is -0.377 e. The maximum Gasteiger partial charge on any atom is 0.246 e. The van der Waals surface area contributed by atoms with Crippen molar-refractivity contribution in [3.63, 3.8) is 0 Å². The van der Waals surface area contributed by atoms with E-state index in [9.17, 15) is 14.4 Å². The zero-order chi connectivity index (χ0) is 28.9. The van der Waals surface area contributed by atoms with Gasteiger partial charge in [0.2, 0.25) is 17.6 Å². The Morgan fingerprint density at radius 2 is 1.79 bits per heavy atom. The number of ketones is 1. The Morgan fingerprint density at radius 3 is 2.47 bits per heavy atom. The van der Waals surface area contributed by atoms with Gasteiger partial charge in [0.05, 0.1) is 18.2 Å². The number of rotatable bonds is 10. The van der Waals surface area contributed by atoms with Crippen molar-refractivity contribution in [2.75, 3.05) is 33.3 Å².